The minimum absolute atomic E-state index is 0. The van der Waals surface area contributed by atoms with Crippen molar-refractivity contribution in [2.75, 3.05) is 40.4 Å². The third-order valence-corrected chi connectivity index (χ3v) is 3.75. The van der Waals surface area contributed by atoms with Crippen LogP contribution in [-0.4, -0.2) is 45.3 Å². The molecule has 0 radical (unpaired) electrons. The summed E-state index contributed by atoms with van der Waals surface area (Å²) in [6.45, 7) is 10.1. The normalized spacial score (nSPS) is 16.0. The van der Waals surface area contributed by atoms with Gasteiger partial charge < -0.3 is 14.8 Å². The molecule has 1 N–H and O–H groups in total. The van der Waals surface area contributed by atoms with E-state index >= 15 is 0 Å². The second-order valence-electron chi connectivity index (χ2n) is 5.05. The maximum Gasteiger partial charge on any atom is 0.127 e. The lowest BCUT2D eigenvalue weighted by Gasteiger charge is -2.34. The van der Waals surface area contributed by atoms with Crippen molar-refractivity contribution in [2.45, 2.75) is 13.0 Å². The second-order valence-corrected chi connectivity index (χ2v) is 5.05. The number of rotatable bonds is 5. The number of piperazine rings is 1. The van der Waals surface area contributed by atoms with E-state index in [0.717, 1.165) is 48.8 Å². The van der Waals surface area contributed by atoms with Gasteiger partial charge in [0.1, 0.15) is 11.5 Å². The highest BCUT2D eigenvalue weighted by Gasteiger charge is 2.25. The fraction of sp³-hybridized carbons (Fsp3) is 0.500. The van der Waals surface area contributed by atoms with E-state index in [9.17, 15) is 0 Å². The van der Waals surface area contributed by atoms with E-state index in [2.05, 4.69) is 28.9 Å². The first kappa shape index (κ1) is 21.1. The molecule has 6 heteroatoms. The topological polar surface area (TPSA) is 33.7 Å². The Kier molecular flexibility index (Phi) is 9.53. The molecule has 0 aliphatic carbocycles. The van der Waals surface area contributed by atoms with Gasteiger partial charge in [-0.05, 0) is 24.6 Å². The monoisotopic (exact) mass is 348 g/mol. The van der Waals surface area contributed by atoms with Crippen LogP contribution in [0.3, 0.4) is 0 Å². The van der Waals surface area contributed by atoms with E-state index in [1.807, 2.05) is 13.0 Å². The largest absolute Gasteiger partial charge is 0.496 e. The summed E-state index contributed by atoms with van der Waals surface area (Å²) in [4.78, 5) is 2.40. The fourth-order valence-electron chi connectivity index (χ4n) is 2.77. The van der Waals surface area contributed by atoms with E-state index in [4.69, 9.17) is 9.47 Å². The van der Waals surface area contributed by atoms with Crippen molar-refractivity contribution >= 4 is 24.8 Å². The Bertz CT molecular complexity index is 452. The third-order valence-electron chi connectivity index (χ3n) is 3.75. The van der Waals surface area contributed by atoms with Crippen molar-refractivity contribution in [3.8, 4) is 11.5 Å². The number of nitrogens with one attached hydrogen (secondary N) is 1. The molecule has 2 rings (SSSR count). The van der Waals surface area contributed by atoms with Crippen LogP contribution in [0.1, 0.15) is 17.2 Å². The van der Waals surface area contributed by atoms with Crippen LogP contribution in [-0.2, 0) is 0 Å². The summed E-state index contributed by atoms with van der Waals surface area (Å²) >= 11 is 0. The lowest BCUT2D eigenvalue weighted by molar-refractivity contribution is 0.197. The first-order valence-corrected chi connectivity index (χ1v) is 7.01. The Morgan fingerprint density at radius 2 is 1.64 bits per heavy atom. The molecular weight excluding hydrogens is 323 g/mol. The average molecular weight is 349 g/mol. The molecule has 0 aromatic heterocycles. The molecule has 4 nitrogen and oxygen atoms in total. The summed E-state index contributed by atoms with van der Waals surface area (Å²) < 4.78 is 11.1. The highest BCUT2D eigenvalue weighted by molar-refractivity contribution is 5.85. The first-order chi connectivity index (χ1) is 9.71. The molecule has 1 fully saturated rings. The van der Waals surface area contributed by atoms with Crippen molar-refractivity contribution in [1.82, 2.24) is 10.2 Å². The second kappa shape index (κ2) is 9.95. The van der Waals surface area contributed by atoms with E-state index in [-0.39, 0.29) is 30.9 Å². The summed E-state index contributed by atoms with van der Waals surface area (Å²) in [5.41, 5.74) is 2.20. The van der Waals surface area contributed by atoms with E-state index in [0.29, 0.717) is 0 Å². The lowest BCUT2D eigenvalue weighted by Crippen LogP contribution is -2.44. The molecule has 1 aromatic carbocycles. The number of halogens is 2. The van der Waals surface area contributed by atoms with Crippen LogP contribution < -0.4 is 14.8 Å². The number of ether oxygens (including phenoxy) is 2. The predicted molar refractivity (Wildman–Crippen MR) is 96.2 cm³/mol. The number of hydrogen-bond donors (Lipinski definition) is 1. The van der Waals surface area contributed by atoms with E-state index in [1.54, 1.807) is 14.2 Å². The standard InChI is InChI=1S/C16H24N2O2.2ClH/c1-5-13(18-8-6-17-7-9-18)16-14(19-3)10-12(2)11-15(16)20-4;;/h5,10-11,13,17H,1,6-9H2,2-4H3;2*1H/t13-;;/m0../s1. The van der Waals surface area contributed by atoms with Crippen LogP contribution in [0.2, 0.25) is 0 Å². The van der Waals surface area contributed by atoms with Crippen molar-refractivity contribution in [3.05, 3.63) is 35.9 Å². The predicted octanol–water partition coefficient (Wildman–Crippen LogP) is 2.99. The molecular formula is C16H26Cl2N2O2. The van der Waals surface area contributed by atoms with Crippen LogP contribution in [0.4, 0.5) is 0 Å². The number of nitrogens with zero attached hydrogens (tertiary/aromatic N) is 1. The van der Waals surface area contributed by atoms with Gasteiger partial charge in [0.15, 0.2) is 0 Å². The Morgan fingerprint density at radius 1 is 1.14 bits per heavy atom. The maximum atomic E-state index is 5.57. The molecule has 126 valence electrons. The molecule has 1 aliphatic heterocycles. The maximum absolute atomic E-state index is 5.57. The molecule has 0 bridgehead atoms. The van der Waals surface area contributed by atoms with Crippen molar-refractivity contribution in [3.63, 3.8) is 0 Å². The van der Waals surface area contributed by atoms with Gasteiger partial charge in [0.25, 0.3) is 0 Å². The Hall–Kier alpha value is -0.940. The van der Waals surface area contributed by atoms with Crippen LogP contribution in [0.5, 0.6) is 11.5 Å². The molecule has 1 aliphatic rings. The van der Waals surface area contributed by atoms with Gasteiger partial charge in [0.05, 0.1) is 25.8 Å². The van der Waals surface area contributed by atoms with Crippen LogP contribution in [0.25, 0.3) is 0 Å². The Morgan fingerprint density at radius 3 is 2.05 bits per heavy atom. The quantitative estimate of drug-likeness (QED) is 0.829. The van der Waals surface area contributed by atoms with Gasteiger partial charge in [-0.3, -0.25) is 4.90 Å². The lowest BCUT2D eigenvalue weighted by atomic mass is 10.00. The minimum atomic E-state index is 0. The van der Waals surface area contributed by atoms with Gasteiger partial charge in [0, 0.05) is 26.2 Å². The fourth-order valence-corrected chi connectivity index (χ4v) is 2.77. The molecule has 22 heavy (non-hydrogen) atoms. The summed E-state index contributed by atoms with van der Waals surface area (Å²) in [7, 11) is 3.41. The smallest absolute Gasteiger partial charge is 0.127 e. The number of methoxy groups -OCH3 is 2. The number of benzene rings is 1. The summed E-state index contributed by atoms with van der Waals surface area (Å²) in [5, 5.41) is 3.37. The summed E-state index contributed by atoms with van der Waals surface area (Å²) in [5.74, 6) is 1.73. The molecule has 0 unspecified atom stereocenters. The molecule has 1 atom stereocenters. The van der Waals surface area contributed by atoms with E-state index < -0.39 is 0 Å². The van der Waals surface area contributed by atoms with Gasteiger partial charge in [-0.2, -0.15) is 0 Å². The Balaban J connectivity index is 0.00000220. The third kappa shape index (κ3) is 4.53. The zero-order chi connectivity index (χ0) is 14.5. The van der Waals surface area contributed by atoms with Crippen LogP contribution in [0.15, 0.2) is 24.8 Å². The minimum Gasteiger partial charge on any atom is -0.496 e. The van der Waals surface area contributed by atoms with Gasteiger partial charge in [0.2, 0.25) is 0 Å². The SMILES string of the molecule is C=C[C@@H](c1c(OC)cc(C)cc1OC)N1CCNCC1.Cl.Cl. The first-order valence-electron chi connectivity index (χ1n) is 7.01. The zero-order valence-electron chi connectivity index (χ0n) is 13.4. The summed E-state index contributed by atoms with van der Waals surface area (Å²) in [6, 6.07) is 4.22. The van der Waals surface area contributed by atoms with Crippen molar-refractivity contribution in [2.24, 2.45) is 0 Å². The molecule has 1 heterocycles. The molecule has 1 saturated heterocycles. The van der Waals surface area contributed by atoms with Gasteiger partial charge >= 0.3 is 0 Å². The highest BCUT2D eigenvalue weighted by atomic mass is 35.5. The molecule has 0 amide bonds. The van der Waals surface area contributed by atoms with Gasteiger partial charge in [-0.25, -0.2) is 0 Å². The number of hydrogen-bond acceptors (Lipinski definition) is 4. The van der Waals surface area contributed by atoms with E-state index in [1.165, 1.54) is 0 Å². The zero-order valence-corrected chi connectivity index (χ0v) is 15.1. The van der Waals surface area contributed by atoms with Gasteiger partial charge in [-0.15, -0.1) is 31.4 Å². The molecule has 1 aromatic rings. The van der Waals surface area contributed by atoms with Crippen molar-refractivity contribution in [1.29, 1.82) is 0 Å². The number of aryl methyl sites for hydroxylation is 1. The van der Waals surface area contributed by atoms with Crippen LogP contribution >= 0.6 is 24.8 Å². The molecule has 0 spiro atoms. The average Bonchev–Trinajstić information content (AvgIpc) is 2.49. The van der Waals surface area contributed by atoms with Crippen LogP contribution in [0, 0.1) is 6.92 Å². The molecule has 0 saturated carbocycles. The Labute approximate surface area is 145 Å². The highest BCUT2D eigenvalue weighted by Crippen LogP contribution is 2.38. The van der Waals surface area contributed by atoms with Gasteiger partial charge in [-0.1, -0.05) is 6.08 Å². The van der Waals surface area contributed by atoms with Crippen molar-refractivity contribution < 1.29 is 9.47 Å². The summed E-state index contributed by atoms with van der Waals surface area (Å²) in [6.07, 6.45) is 1.97.